The summed E-state index contributed by atoms with van der Waals surface area (Å²) in [6, 6.07) is 0. The van der Waals surface area contributed by atoms with Crippen molar-refractivity contribution in [2.75, 3.05) is 0 Å². The molecule has 0 aliphatic heterocycles. The van der Waals surface area contributed by atoms with Crippen molar-refractivity contribution < 1.29 is 15.3 Å². The molecule has 3 heteroatoms. The van der Waals surface area contributed by atoms with Gasteiger partial charge in [0.25, 0.3) is 0 Å². The maximum absolute atomic E-state index is 9.92. The Kier molecular flexibility index (Phi) is 6.12. The first-order valence-corrected chi connectivity index (χ1v) is 3.84. The summed E-state index contributed by atoms with van der Waals surface area (Å²) in [6.07, 6.45) is 3.97. The third kappa shape index (κ3) is 6.04. The number of aliphatic hydroxyl groups excluding tert-OH is 1. The van der Waals surface area contributed by atoms with Crippen LogP contribution in [-0.4, -0.2) is 17.3 Å². The van der Waals surface area contributed by atoms with Crippen molar-refractivity contribution in [1.29, 1.82) is 0 Å². The van der Waals surface area contributed by atoms with Crippen LogP contribution >= 0.6 is 0 Å². The third-order valence-electron chi connectivity index (χ3n) is 1.35. The Morgan fingerprint density at radius 2 is 2.27 bits per heavy atom. The second-order valence-corrected chi connectivity index (χ2v) is 2.56. The molecule has 1 radical (unpaired) electrons. The van der Waals surface area contributed by atoms with Gasteiger partial charge in [-0.2, -0.15) is 4.89 Å². The summed E-state index contributed by atoms with van der Waals surface area (Å²) in [4.78, 5) is 3.86. The lowest BCUT2D eigenvalue weighted by Gasteiger charge is -2.02. The standard InChI is InChI=1S/C8H15O3/c1-3-8(11-10)6-4-5-7(2)9/h4,6-9H,3,5H2,1-2H3/b6-4+. The van der Waals surface area contributed by atoms with Gasteiger partial charge in [-0.1, -0.05) is 19.1 Å². The fourth-order valence-corrected chi connectivity index (χ4v) is 0.663. The zero-order chi connectivity index (χ0) is 8.69. The zero-order valence-electron chi connectivity index (χ0n) is 6.99. The topological polar surface area (TPSA) is 49.4 Å². The number of aliphatic hydroxyl groups is 1. The molecule has 0 amide bonds. The molecule has 0 saturated heterocycles. The van der Waals surface area contributed by atoms with Crippen molar-refractivity contribution in [2.24, 2.45) is 0 Å². The van der Waals surface area contributed by atoms with Crippen molar-refractivity contribution in [3.8, 4) is 0 Å². The second-order valence-electron chi connectivity index (χ2n) is 2.56. The average molecular weight is 159 g/mol. The first-order chi connectivity index (χ1) is 5.20. The van der Waals surface area contributed by atoms with Crippen molar-refractivity contribution >= 4 is 0 Å². The van der Waals surface area contributed by atoms with E-state index in [0.29, 0.717) is 12.8 Å². The number of hydrogen-bond acceptors (Lipinski definition) is 2. The average Bonchev–Trinajstić information content (AvgIpc) is 1.98. The van der Waals surface area contributed by atoms with Crippen molar-refractivity contribution in [2.45, 2.75) is 38.9 Å². The van der Waals surface area contributed by atoms with Crippen LogP contribution in [0.1, 0.15) is 26.7 Å². The predicted molar refractivity (Wildman–Crippen MR) is 41.3 cm³/mol. The number of rotatable bonds is 5. The van der Waals surface area contributed by atoms with Gasteiger partial charge in [0, 0.05) is 0 Å². The monoisotopic (exact) mass is 159 g/mol. The highest BCUT2D eigenvalue weighted by atomic mass is 17.1. The molecule has 0 saturated carbocycles. The predicted octanol–water partition coefficient (Wildman–Crippen LogP) is 1.45. The van der Waals surface area contributed by atoms with E-state index in [9.17, 15) is 5.26 Å². The molecule has 3 nitrogen and oxygen atoms in total. The van der Waals surface area contributed by atoms with Crippen LogP contribution in [0.2, 0.25) is 0 Å². The molecule has 0 rings (SSSR count). The molecule has 0 aromatic carbocycles. The Hall–Kier alpha value is -0.380. The summed E-state index contributed by atoms with van der Waals surface area (Å²) in [6.45, 7) is 3.57. The van der Waals surface area contributed by atoms with Crippen LogP contribution in [0, 0.1) is 0 Å². The summed E-state index contributed by atoms with van der Waals surface area (Å²) in [5.74, 6) is 0. The molecule has 0 aliphatic rings. The molecule has 65 valence electrons. The van der Waals surface area contributed by atoms with Gasteiger partial charge in [0.05, 0.1) is 6.10 Å². The van der Waals surface area contributed by atoms with E-state index >= 15 is 0 Å². The lowest BCUT2D eigenvalue weighted by Crippen LogP contribution is -2.04. The van der Waals surface area contributed by atoms with E-state index < -0.39 is 0 Å². The summed E-state index contributed by atoms with van der Waals surface area (Å²) < 4.78 is 0. The quantitative estimate of drug-likeness (QED) is 0.375. The van der Waals surface area contributed by atoms with Gasteiger partial charge in [0.15, 0.2) is 0 Å². The molecular weight excluding hydrogens is 144 g/mol. The normalized spacial score (nSPS) is 17.1. The highest BCUT2D eigenvalue weighted by Crippen LogP contribution is 2.00. The molecule has 0 aromatic rings. The lowest BCUT2D eigenvalue weighted by molar-refractivity contribution is -0.324. The van der Waals surface area contributed by atoms with Crippen LogP contribution < -0.4 is 0 Å². The minimum Gasteiger partial charge on any atom is -0.393 e. The Morgan fingerprint density at radius 3 is 2.64 bits per heavy atom. The molecule has 0 fully saturated rings. The molecule has 0 spiro atoms. The maximum Gasteiger partial charge on any atom is 0.114 e. The van der Waals surface area contributed by atoms with Crippen LogP contribution in [-0.2, 0) is 10.1 Å². The molecule has 0 heterocycles. The largest absolute Gasteiger partial charge is 0.393 e. The molecule has 1 N–H and O–H groups in total. The fraction of sp³-hybridized carbons (Fsp3) is 0.750. The van der Waals surface area contributed by atoms with Gasteiger partial charge >= 0.3 is 0 Å². The van der Waals surface area contributed by atoms with Crippen molar-refractivity contribution in [1.82, 2.24) is 0 Å². The lowest BCUT2D eigenvalue weighted by atomic mass is 10.2. The van der Waals surface area contributed by atoms with E-state index in [1.54, 1.807) is 19.1 Å². The molecule has 11 heavy (non-hydrogen) atoms. The van der Waals surface area contributed by atoms with E-state index in [4.69, 9.17) is 5.11 Å². The minimum absolute atomic E-state index is 0.351. The highest BCUT2D eigenvalue weighted by Gasteiger charge is 2.00. The first-order valence-electron chi connectivity index (χ1n) is 3.84. The van der Waals surface area contributed by atoms with E-state index in [2.05, 4.69) is 4.89 Å². The van der Waals surface area contributed by atoms with Crippen LogP contribution in [0.5, 0.6) is 0 Å². The maximum atomic E-state index is 9.92. The Labute approximate surface area is 67.2 Å². The fourth-order valence-electron chi connectivity index (χ4n) is 0.663. The van der Waals surface area contributed by atoms with Gasteiger partial charge in [0.1, 0.15) is 6.10 Å². The SMILES string of the molecule is CCC(/C=C/CC(C)O)O[O]. The molecule has 0 aliphatic carbocycles. The minimum atomic E-state index is -0.353. The van der Waals surface area contributed by atoms with Crippen molar-refractivity contribution in [3.05, 3.63) is 12.2 Å². The molecule has 0 bridgehead atoms. The summed E-state index contributed by atoms with van der Waals surface area (Å²) in [7, 11) is 0. The van der Waals surface area contributed by atoms with Crippen LogP contribution in [0.3, 0.4) is 0 Å². The smallest absolute Gasteiger partial charge is 0.114 e. The summed E-state index contributed by atoms with van der Waals surface area (Å²) in [5, 5.41) is 18.8. The Morgan fingerprint density at radius 1 is 1.64 bits per heavy atom. The van der Waals surface area contributed by atoms with Gasteiger partial charge in [-0.3, -0.25) is 0 Å². The molecule has 2 unspecified atom stereocenters. The van der Waals surface area contributed by atoms with Gasteiger partial charge in [-0.25, -0.2) is 0 Å². The van der Waals surface area contributed by atoms with E-state index in [1.165, 1.54) is 0 Å². The van der Waals surface area contributed by atoms with Crippen molar-refractivity contribution in [3.63, 3.8) is 0 Å². The highest BCUT2D eigenvalue weighted by molar-refractivity contribution is 4.89. The summed E-state index contributed by atoms with van der Waals surface area (Å²) >= 11 is 0. The zero-order valence-corrected chi connectivity index (χ0v) is 6.99. The van der Waals surface area contributed by atoms with Gasteiger partial charge < -0.3 is 5.11 Å². The number of hydrogen-bond donors (Lipinski definition) is 1. The summed E-state index contributed by atoms with van der Waals surface area (Å²) in [5.41, 5.74) is 0. The van der Waals surface area contributed by atoms with Gasteiger partial charge in [0.2, 0.25) is 0 Å². The molecule has 0 aromatic heterocycles. The van der Waals surface area contributed by atoms with Gasteiger partial charge in [-0.15, -0.1) is 0 Å². The van der Waals surface area contributed by atoms with Crippen LogP contribution in [0.25, 0.3) is 0 Å². The van der Waals surface area contributed by atoms with Crippen LogP contribution in [0.4, 0.5) is 0 Å². The van der Waals surface area contributed by atoms with E-state index in [1.807, 2.05) is 6.92 Å². The Bertz CT molecular complexity index is 106. The van der Waals surface area contributed by atoms with Gasteiger partial charge in [-0.05, 0) is 25.0 Å². The van der Waals surface area contributed by atoms with Crippen LogP contribution in [0.15, 0.2) is 12.2 Å². The second kappa shape index (κ2) is 6.34. The molecular formula is C8H15O3. The van der Waals surface area contributed by atoms with E-state index in [0.717, 1.165) is 0 Å². The first kappa shape index (κ1) is 10.6. The molecule has 2 atom stereocenters. The Balaban J connectivity index is 3.53. The third-order valence-corrected chi connectivity index (χ3v) is 1.35. The van der Waals surface area contributed by atoms with E-state index in [-0.39, 0.29) is 12.2 Å².